The van der Waals surface area contributed by atoms with Crippen LogP contribution in [-0.4, -0.2) is 31.3 Å². The first kappa shape index (κ1) is 19.1. The zero-order valence-corrected chi connectivity index (χ0v) is 16.0. The lowest BCUT2D eigenvalue weighted by molar-refractivity contribution is -0.777. The van der Waals surface area contributed by atoms with Crippen LogP contribution in [0.1, 0.15) is 20.7 Å². The number of imidazole rings is 2. The topological polar surface area (TPSA) is 92.2 Å². The summed E-state index contributed by atoms with van der Waals surface area (Å²) >= 11 is 0. The van der Waals surface area contributed by atoms with Gasteiger partial charge in [0.25, 0.3) is 0 Å². The van der Waals surface area contributed by atoms with Gasteiger partial charge in [-0.05, 0) is 48.5 Å². The molecule has 0 radical (unpaired) electrons. The molecule has 150 valence electrons. The standard InChI is InChI=1S/C22H18N4O4/c27-21(28)17-1-5-19(6-2-17)25-13-11-23(15-25)9-10-24-12-14-26(16-24)20-7-3-18(4-8-20)22(29)30/h1-8,11-16H,9-10H2/p+2. The van der Waals surface area contributed by atoms with Crippen LogP contribution in [0, 0.1) is 0 Å². The minimum atomic E-state index is -0.939. The van der Waals surface area contributed by atoms with Gasteiger partial charge in [0.1, 0.15) is 49.3 Å². The van der Waals surface area contributed by atoms with Crippen LogP contribution in [-0.2, 0) is 13.1 Å². The highest BCUT2D eigenvalue weighted by atomic mass is 16.4. The largest absolute Gasteiger partial charge is 0.478 e. The van der Waals surface area contributed by atoms with Crippen LogP contribution in [0.2, 0.25) is 0 Å². The van der Waals surface area contributed by atoms with Gasteiger partial charge in [-0.15, -0.1) is 0 Å². The second-order valence-corrected chi connectivity index (χ2v) is 6.82. The second kappa shape index (κ2) is 8.04. The summed E-state index contributed by atoms with van der Waals surface area (Å²) in [6, 6.07) is 13.5. The molecule has 0 bridgehead atoms. The molecule has 0 spiro atoms. The van der Waals surface area contributed by atoms with E-state index in [2.05, 4.69) is 9.13 Å². The Labute approximate surface area is 172 Å². The van der Waals surface area contributed by atoms with Gasteiger partial charge in [-0.2, -0.15) is 0 Å². The summed E-state index contributed by atoms with van der Waals surface area (Å²) < 4.78 is 7.98. The number of carbonyl (C=O) groups is 2. The molecule has 2 aromatic carbocycles. The fourth-order valence-corrected chi connectivity index (χ4v) is 3.14. The molecule has 4 rings (SSSR count). The molecule has 4 aromatic rings. The Morgan fingerprint density at radius 1 is 0.667 bits per heavy atom. The first-order chi connectivity index (χ1) is 14.5. The van der Waals surface area contributed by atoms with Gasteiger partial charge in [-0.25, -0.2) is 27.9 Å². The Balaban J connectivity index is 1.40. The number of rotatable bonds is 7. The molecule has 0 aliphatic carbocycles. The third-order valence-corrected chi connectivity index (χ3v) is 4.82. The number of carboxylic acids is 2. The van der Waals surface area contributed by atoms with Gasteiger partial charge < -0.3 is 10.2 Å². The van der Waals surface area contributed by atoms with Crippen LogP contribution < -0.4 is 9.13 Å². The minimum absolute atomic E-state index is 0.261. The van der Waals surface area contributed by atoms with Gasteiger partial charge >= 0.3 is 11.9 Å². The average Bonchev–Trinajstić information content (AvgIpc) is 3.42. The highest BCUT2D eigenvalue weighted by Crippen LogP contribution is 2.10. The number of aromatic nitrogens is 4. The predicted octanol–water partition coefficient (Wildman–Crippen LogP) is 1.94. The van der Waals surface area contributed by atoms with E-state index < -0.39 is 11.9 Å². The lowest BCUT2D eigenvalue weighted by atomic mass is 10.2. The van der Waals surface area contributed by atoms with E-state index in [1.807, 2.05) is 46.6 Å². The molecule has 2 aromatic heterocycles. The first-order valence-corrected chi connectivity index (χ1v) is 9.31. The Bertz CT molecular complexity index is 1090. The molecule has 0 aliphatic heterocycles. The third kappa shape index (κ3) is 4.12. The summed E-state index contributed by atoms with van der Waals surface area (Å²) in [6.45, 7) is 1.51. The number of carboxylic acid groups (broad SMARTS) is 2. The van der Waals surface area contributed by atoms with E-state index in [9.17, 15) is 9.59 Å². The maximum atomic E-state index is 11.0. The van der Waals surface area contributed by atoms with Crippen LogP contribution in [0.3, 0.4) is 0 Å². The van der Waals surface area contributed by atoms with Crippen LogP contribution in [0.5, 0.6) is 0 Å². The van der Waals surface area contributed by atoms with E-state index >= 15 is 0 Å². The predicted molar refractivity (Wildman–Crippen MR) is 106 cm³/mol. The highest BCUT2D eigenvalue weighted by Gasteiger charge is 2.11. The minimum Gasteiger partial charge on any atom is -0.478 e. The molecular weight excluding hydrogens is 384 g/mol. The number of benzene rings is 2. The lowest BCUT2D eigenvalue weighted by Crippen LogP contribution is -2.42. The van der Waals surface area contributed by atoms with E-state index in [0.29, 0.717) is 0 Å². The van der Waals surface area contributed by atoms with E-state index in [4.69, 9.17) is 10.2 Å². The van der Waals surface area contributed by atoms with Crippen LogP contribution in [0.4, 0.5) is 0 Å². The van der Waals surface area contributed by atoms with Crippen molar-refractivity contribution in [2.45, 2.75) is 13.1 Å². The van der Waals surface area contributed by atoms with Gasteiger partial charge in [0.2, 0.25) is 12.7 Å². The Morgan fingerprint density at radius 3 is 1.37 bits per heavy atom. The fourth-order valence-electron chi connectivity index (χ4n) is 3.14. The highest BCUT2D eigenvalue weighted by molar-refractivity contribution is 5.88. The van der Waals surface area contributed by atoms with E-state index in [0.717, 1.165) is 24.5 Å². The Morgan fingerprint density at radius 2 is 1.03 bits per heavy atom. The summed E-state index contributed by atoms with van der Waals surface area (Å²) in [7, 11) is 0. The number of hydrogen-bond donors (Lipinski definition) is 2. The molecule has 8 heteroatoms. The molecule has 30 heavy (non-hydrogen) atoms. The van der Waals surface area contributed by atoms with E-state index in [-0.39, 0.29) is 11.1 Å². The monoisotopic (exact) mass is 404 g/mol. The van der Waals surface area contributed by atoms with Crippen molar-refractivity contribution in [3.8, 4) is 11.4 Å². The maximum Gasteiger partial charge on any atom is 0.335 e. The van der Waals surface area contributed by atoms with Crippen molar-refractivity contribution < 1.29 is 28.9 Å². The van der Waals surface area contributed by atoms with Crippen molar-refractivity contribution in [2.24, 2.45) is 0 Å². The van der Waals surface area contributed by atoms with Gasteiger partial charge in [0, 0.05) is 0 Å². The van der Waals surface area contributed by atoms with Crippen molar-refractivity contribution >= 4 is 11.9 Å². The second-order valence-electron chi connectivity index (χ2n) is 6.82. The molecule has 2 N–H and O–H groups in total. The molecule has 8 nitrogen and oxygen atoms in total. The quantitative estimate of drug-likeness (QED) is 0.461. The van der Waals surface area contributed by atoms with Gasteiger partial charge in [0.05, 0.1) is 11.1 Å². The lowest BCUT2D eigenvalue weighted by Gasteiger charge is -1.98. The van der Waals surface area contributed by atoms with Crippen molar-refractivity contribution in [3.63, 3.8) is 0 Å². The SMILES string of the molecule is O=C(O)c1ccc(-n2cc[n+](CC[n+]3ccn(-c4ccc(C(=O)O)cc4)c3)c2)cc1. The summed E-state index contributed by atoms with van der Waals surface area (Å²) in [4.78, 5) is 21.9. The summed E-state index contributed by atoms with van der Waals surface area (Å²) in [5.74, 6) is -1.88. The molecule has 0 saturated carbocycles. The Kier molecular flexibility index (Phi) is 5.13. The van der Waals surface area contributed by atoms with Crippen molar-refractivity contribution in [3.05, 3.63) is 97.1 Å². The number of nitrogens with zero attached hydrogens (tertiary/aromatic N) is 4. The zero-order chi connectivity index (χ0) is 21.1. The molecule has 0 amide bonds. The van der Waals surface area contributed by atoms with Crippen LogP contribution in [0.15, 0.2) is 86.0 Å². The number of hydrogen-bond acceptors (Lipinski definition) is 2. The van der Waals surface area contributed by atoms with Gasteiger partial charge in [-0.1, -0.05) is 0 Å². The maximum absolute atomic E-state index is 11.0. The van der Waals surface area contributed by atoms with Gasteiger partial charge in [-0.3, -0.25) is 0 Å². The average molecular weight is 404 g/mol. The fraction of sp³-hybridized carbons (Fsp3) is 0.0909. The van der Waals surface area contributed by atoms with Crippen molar-refractivity contribution in [1.82, 2.24) is 9.13 Å². The molecule has 2 heterocycles. The smallest absolute Gasteiger partial charge is 0.335 e. The molecule has 0 unspecified atom stereocenters. The van der Waals surface area contributed by atoms with Crippen molar-refractivity contribution in [1.29, 1.82) is 0 Å². The number of aryl methyl sites for hydroxylation is 2. The van der Waals surface area contributed by atoms with E-state index in [1.165, 1.54) is 0 Å². The van der Waals surface area contributed by atoms with Gasteiger partial charge in [0.15, 0.2) is 0 Å². The third-order valence-electron chi connectivity index (χ3n) is 4.82. The Hall–Kier alpha value is -4.20. The van der Waals surface area contributed by atoms with Crippen LogP contribution in [0.25, 0.3) is 11.4 Å². The molecule has 0 saturated heterocycles. The van der Waals surface area contributed by atoms with Crippen LogP contribution >= 0.6 is 0 Å². The number of aromatic carboxylic acids is 2. The molecule has 0 aliphatic rings. The summed E-state index contributed by atoms with van der Waals surface area (Å²) in [5.41, 5.74) is 2.30. The first-order valence-electron chi connectivity index (χ1n) is 9.31. The molecule has 0 atom stereocenters. The molecular formula is C22H20N4O4+2. The van der Waals surface area contributed by atoms with Crippen molar-refractivity contribution in [2.75, 3.05) is 0 Å². The zero-order valence-electron chi connectivity index (χ0n) is 16.0. The summed E-state index contributed by atoms with van der Waals surface area (Å²) in [6.07, 6.45) is 11.7. The summed E-state index contributed by atoms with van der Waals surface area (Å²) in [5, 5.41) is 18.0. The van der Waals surface area contributed by atoms with E-state index in [1.54, 1.807) is 48.5 Å². The molecule has 0 fully saturated rings. The normalized spacial score (nSPS) is 10.8.